The number of piperidine rings is 1. The second-order valence-corrected chi connectivity index (χ2v) is 6.70. The van der Waals surface area contributed by atoms with Gasteiger partial charge in [-0.15, -0.1) is 0 Å². The fourth-order valence-electron chi connectivity index (χ4n) is 3.51. The minimum Gasteiger partial charge on any atom is -0.398 e. The Morgan fingerprint density at radius 2 is 1.87 bits per heavy atom. The molecule has 3 heteroatoms. The summed E-state index contributed by atoms with van der Waals surface area (Å²) in [5.74, 6) is 0.525. The maximum atomic E-state index is 13.3. The molecule has 2 N–H and O–H groups in total. The van der Waals surface area contributed by atoms with E-state index in [-0.39, 0.29) is 5.82 Å². The van der Waals surface area contributed by atoms with Crippen LogP contribution in [-0.4, -0.2) is 18.0 Å². The molecule has 0 bridgehead atoms. The van der Waals surface area contributed by atoms with E-state index < -0.39 is 0 Å². The van der Waals surface area contributed by atoms with Crippen LogP contribution in [0.5, 0.6) is 0 Å². The number of nitrogens with zero attached hydrogens (tertiary/aromatic N) is 1. The van der Waals surface area contributed by atoms with E-state index in [0.29, 0.717) is 5.92 Å². The number of aryl methyl sites for hydroxylation is 1. The molecule has 122 valence electrons. The predicted octanol–water partition coefficient (Wildman–Crippen LogP) is 4.17. The van der Waals surface area contributed by atoms with Crippen LogP contribution in [0, 0.1) is 18.7 Å². The van der Waals surface area contributed by atoms with E-state index in [0.717, 1.165) is 37.3 Å². The summed E-state index contributed by atoms with van der Waals surface area (Å²) in [4.78, 5) is 2.49. The summed E-state index contributed by atoms with van der Waals surface area (Å²) >= 11 is 0. The third-order valence-electron chi connectivity index (χ3n) is 4.95. The maximum absolute atomic E-state index is 13.3. The van der Waals surface area contributed by atoms with Crippen molar-refractivity contribution >= 4 is 5.69 Å². The number of hydrogen-bond donors (Lipinski definition) is 1. The second kappa shape index (κ2) is 7.14. The number of nitrogens with two attached hydrogens (primary N) is 1. The lowest BCUT2D eigenvalue weighted by atomic mass is 9.90. The van der Waals surface area contributed by atoms with Crippen LogP contribution in [0.3, 0.4) is 0 Å². The highest BCUT2D eigenvalue weighted by atomic mass is 19.1. The van der Waals surface area contributed by atoms with E-state index >= 15 is 0 Å². The zero-order valence-corrected chi connectivity index (χ0v) is 13.8. The van der Waals surface area contributed by atoms with Crippen LogP contribution in [0.1, 0.15) is 29.5 Å². The molecule has 2 nitrogen and oxygen atoms in total. The first-order valence-electron chi connectivity index (χ1n) is 8.42. The van der Waals surface area contributed by atoms with Crippen molar-refractivity contribution in [2.75, 3.05) is 18.8 Å². The van der Waals surface area contributed by atoms with Gasteiger partial charge in [-0.1, -0.05) is 24.3 Å². The van der Waals surface area contributed by atoms with E-state index in [4.69, 9.17) is 5.73 Å². The Bertz CT molecular complexity index is 640. The standard InChI is InChI=1S/C20H25FN2/c1-15-4-2-7-20(22)19(15)14-23-10-8-16(9-11-23)12-17-5-3-6-18(21)13-17/h2-7,13,16H,8-12,14,22H2,1H3. The molecule has 2 aromatic rings. The zero-order valence-electron chi connectivity index (χ0n) is 13.8. The molecule has 1 saturated heterocycles. The Hall–Kier alpha value is -1.87. The highest BCUT2D eigenvalue weighted by molar-refractivity contribution is 5.50. The van der Waals surface area contributed by atoms with Gasteiger partial charge in [0.1, 0.15) is 5.82 Å². The third kappa shape index (κ3) is 4.11. The van der Waals surface area contributed by atoms with Gasteiger partial charge in [-0.25, -0.2) is 4.39 Å². The molecule has 3 rings (SSSR count). The Balaban J connectivity index is 1.54. The van der Waals surface area contributed by atoms with Crippen LogP contribution in [0.25, 0.3) is 0 Å². The number of hydrogen-bond acceptors (Lipinski definition) is 2. The lowest BCUT2D eigenvalue weighted by Crippen LogP contribution is -2.34. The molecule has 23 heavy (non-hydrogen) atoms. The molecule has 1 aliphatic heterocycles. The number of nitrogen functional groups attached to an aromatic ring is 1. The summed E-state index contributed by atoms with van der Waals surface area (Å²) in [7, 11) is 0. The molecule has 0 unspecified atom stereocenters. The summed E-state index contributed by atoms with van der Waals surface area (Å²) in [5, 5.41) is 0. The van der Waals surface area contributed by atoms with Crippen LogP contribution >= 0.6 is 0 Å². The van der Waals surface area contributed by atoms with Gasteiger partial charge in [-0.2, -0.15) is 0 Å². The van der Waals surface area contributed by atoms with Gasteiger partial charge in [-0.3, -0.25) is 4.90 Å². The first-order valence-corrected chi connectivity index (χ1v) is 8.42. The third-order valence-corrected chi connectivity index (χ3v) is 4.95. The minimum atomic E-state index is -0.130. The van der Waals surface area contributed by atoms with Crippen LogP contribution in [0.2, 0.25) is 0 Å². The normalized spacial score (nSPS) is 16.6. The topological polar surface area (TPSA) is 29.3 Å². The van der Waals surface area contributed by atoms with Crippen molar-refractivity contribution in [1.29, 1.82) is 0 Å². The highest BCUT2D eigenvalue weighted by Gasteiger charge is 2.20. The van der Waals surface area contributed by atoms with Crippen molar-refractivity contribution in [2.45, 2.75) is 32.7 Å². The van der Waals surface area contributed by atoms with E-state index in [1.807, 2.05) is 18.2 Å². The lowest BCUT2D eigenvalue weighted by molar-refractivity contribution is 0.177. The minimum absolute atomic E-state index is 0.130. The van der Waals surface area contributed by atoms with Crippen molar-refractivity contribution in [1.82, 2.24) is 4.90 Å². The van der Waals surface area contributed by atoms with Crippen LogP contribution in [0.4, 0.5) is 10.1 Å². The van der Waals surface area contributed by atoms with Crippen molar-refractivity contribution in [3.8, 4) is 0 Å². The molecule has 1 fully saturated rings. The molecule has 1 heterocycles. The largest absolute Gasteiger partial charge is 0.398 e. The van der Waals surface area contributed by atoms with Gasteiger partial charge in [0.2, 0.25) is 0 Å². The van der Waals surface area contributed by atoms with Gasteiger partial charge < -0.3 is 5.73 Å². The number of halogens is 1. The number of benzene rings is 2. The van der Waals surface area contributed by atoms with Gasteiger partial charge in [0.05, 0.1) is 0 Å². The van der Waals surface area contributed by atoms with Gasteiger partial charge >= 0.3 is 0 Å². The van der Waals surface area contributed by atoms with E-state index in [2.05, 4.69) is 17.9 Å². The molecule has 0 atom stereocenters. The molecule has 0 aromatic heterocycles. The molecular weight excluding hydrogens is 287 g/mol. The summed E-state index contributed by atoms with van der Waals surface area (Å²) < 4.78 is 13.3. The Kier molecular flexibility index (Phi) is 4.97. The van der Waals surface area contributed by atoms with Crippen LogP contribution < -0.4 is 5.73 Å². The Morgan fingerprint density at radius 3 is 2.57 bits per heavy atom. The highest BCUT2D eigenvalue weighted by Crippen LogP contribution is 2.25. The van der Waals surface area contributed by atoms with E-state index in [9.17, 15) is 4.39 Å². The second-order valence-electron chi connectivity index (χ2n) is 6.70. The number of rotatable bonds is 4. The molecule has 0 aliphatic carbocycles. The Morgan fingerprint density at radius 1 is 1.13 bits per heavy atom. The molecule has 0 spiro atoms. The van der Waals surface area contributed by atoms with Crippen molar-refractivity contribution in [3.05, 3.63) is 65.0 Å². The van der Waals surface area contributed by atoms with Crippen LogP contribution in [0.15, 0.2) is 42.5 Å². The summed E-state index contributed by atoms with van der Waals surface area (Å²) in [6, 6.07) is 13.1. The van der Waals surface area contributed by atoms with Gasteiger partial charge in [-0.05, 0) is 80.1 Å². The first-order chi connectivity index (χ1) is 11.1. The Labute approximate surface area is 138 Å². The molecular formula is C20H25FN2. The first kappa shape index (κ1) is 16.0. The quantitative estimate of drug-likeness (QED) is 0.859. The van der Waals surface area contributed by atoms with Gasteiger partial charge in [0.25, 0.3) is 0 Å². The summed E-state index contributed by atoms with van der Waals surface area (Å²) in [6.45, 7) is 5.25. The van der Waals surface area contributed by atoms with Crippen molar-refractivity contribution in [2.24, 2.45) is 5.92 Å². The summed E-state index contributed by atoms with van der Waals surface area (Å²) in [6.07, 6.45) is 3.32. The van der Waals surface area contributed by atoms with Crippen LogP contribution in [-0.2, 0) is 13.0 Å². The smallest absolute Gasteiger partial charge is 0.123 e. The average Bonchev–Trinajstić information content (AvgIpc) is 2.53. The molecule has 0 saturated carbocycles. The predicted molar refractivity (Wildman–Crippen MR) is 93.7 cm³/mol. The number of likely N-dealkylation sites (tertiary alicyclic amines) is 1. The maximum Gasteiger partial charge on any atom is 0.123 e. The lowest BCUT2D eigenvalue weighted by Gasteiger charge is -2.32. The zero-order chi connectivity index (χ0) is 16.2. The van der Waals surface area contributed by atoms with Gasteiger partial charge in [0, 0.05) is 12.2 Å². The fraction of sp³-hybridized carbons (Fsp3) is 0.400. The van der Waals surface area contributed by atoms with E-state index in [1.54, 1.807) is 12.1 Å². The molecule has 0 radical (unpaired) electrons. The van der Waals surface area contributed by atoms with Crippen molar-refractivity contribution < 1.29 is 4.39 Å². The van der Waals surface area contributed by atoms with Crippen molar-refractivity contribution in [3.63, 3.8) is 0 Å². The molecule has 0 amide bonds. The van der Waals surface area contributed by atoms with Gasteiger partial charge in [0.15, 0.2) is 0 Å². The summed E-state index contributed by atoms with van der Waals surface area (Å²) in [5.41, 5.74) is 10.7. The molecule has 1 aliphatic rings. The molecule has 2 aromatic carbocycles. The fourth-order valence-corrected chi connectivity index (χ4v) is 3.51. The average molecular weight is 312 g/mol. The SMILES string of the molecule is Cc1cccc(N)c1CN1CCC(Cc2cccc(F)c2)CC1. The van der Waals surface area contributed by atoms with E-state index in [1.165, 1.54) is 30.0 Å². The number of anilines is 1. The monoisotopic (exact) mass is 312 g/mol.